The fourth-order valence-corrected chi connectivity index (χ4v) is 3.68. The Hall–Kier alpha value is -1.21. The second-order valence-electron chi connectivity index (χ2n) is 6.26. The highest BCUT2D eigenvalue weighted by atomic mass is 35.5. The molecule has 0 N–H and O–H groups in total. The quantitative estimate of drug-likeness (QED) is 0.621. The lowest BCUT2D eigenvalue weighted by Gasteiger charge is -2.24. The zero-order valence-electron chi connectivity index (χ0n) is 12.9. The zero-order valence-corrected chi connectivity index (χ0v) is 14.5. The van der Waals surface area contributed by atoms with Gasteiger partial charge in [0.25, 0.3) is 0 Å². The molecule has 22 heavy (non-hydrogen) atoms. The Morgan fingerprint density at radius 2 is 2.27 bits per heavy atom. The van der Waals surface area contributed by atoms with Crippen LogP contribution < -0.4 is 0 Å². The molecule has 0 radical (unpaired) electrons. The van der Waals surface area contributed by atoms with E-state index in [4.69, 9.17) is 16.3 Å². The maximum atomic E-state index is 12.3. The molecule has 1 aromatic heterocycles. The third-order valence-electron chi connectivity index (χ3n) is 3.16. The molecular formula is C14H20ClN3O3S. The molecule has 1 aromatic rings. The van der Waals surface area contributed by atoms with Gasteiger partial charge in [0.05, 0.1) is 10.8 Å². The fourth-order valence-electron chi connectivity index (χ4n) is 2.21. The summed E-state index contributed by atoms with van der Waals surface area (Å²) in [5.41, 5.74) is -0.504. The van der Waals surface area contributed by atoms with E-state index in [1.807, 2.05) is 20.8 Å². The van der Waals surface area contributed by atoms with Crippen molar-refractivity contribution in [1.82, 2.24) is 14.9 Å². The minimum Gasteiger partial charge on any atom is -0.444 e. The van der Waals surface area contributed by atoms with Crippen molar-refractivity contribution >= 4 is 28.5 Å². The molecule has 122 valence electrons. The van der Waals surface area contributed by atoms with E-state index in [0.717, 1.165) is 6.42 Å². The Labute approximate surface area is 137 Å². The molecule has 0 aliphatic carbocycles. The minimum absolute atomic E-state index is 0.0904. The molecule has 0 spiro atoms. The number of halogens is 1. The predicted octanol–water partition coefficient (Wildman–Crippen LogP) is 2.49. The summed E-state index contributed by atoms with van der Waals surface area (Å²) in [5.74, 6) is 0.620. The van der Waals surface area contributed by atoms with Crippen molar-refractivity contribution in [3.8, 4) is 0 Å². The van der Waals surface area contributed by atoms with E-state index in [1.165, 1.54) is 6.20 Å². The second kappa shape index (κ2) is 6.91. The molecule has 6 nitrogen and oxygen atoms in total. The zero-order chi connectivity index (χ0) is 16.3. The molecule has 1 saturated heterocycles. The number of carbonyl (C=O) groups is 1. The number of hydrogen-bond donors (Lipinski definition) is 0. The van der Waals surface area contributed by atoms with Gasteiger partial charge in [-0.1, -0.05) is 0 Å². The van der Waals surface area contributed by atoms with Crippen molar-refractivity contribution in [2.24, 2.45) is 5.92 Å². The van der Waals surface area contributed by atoms with Crippen molar-refractivity contribution < 1.29 is 13.7 Å². The molecular weight excluding hydrogens is 326 g/mol. The van der Waals surface area contributed by atoms with Crippen LogP contribution in [0.15, 0.2) is 17.3 Å². The van der Waals surface area contributed by atoms with Crippen LogP contribution in [0, 0.1) is 5.92 Å². The first-order valence-electron chi connectivity index (χ1n) is 7.09. The number of rotatable bonds is 3. The number of amides is 1. The van der Waals surface area contributed by atoms with Gasteiger partial charge in [-0.3, -0.25) is 4.21 Å². The van der Waals surface area contributed by atoms with Gasteiger partial charge < -0.3 is 9.64 Å². The summed E-state index contributed by atoms with van der Waals surface area (Å²) < 4.78 is 17.6. The highest BCUT2D eigenvalue weighted by Gasteiger charge is 2.30. The third kappa shape index (κ3) is 4.91. The number of hydrogen-bond acceptors (Lipinski definition) is 5. The van der Waals surface area contributed by atoms with Gasteiger partial charge in [-0.05, 0) is 50.8 Å². The Morgan fingerprint density at radius 3 is 2.91 bits per heavy atom. The second-order valence-corrected chi connectivity index (χ2v) is 8.04. The molecule has 2 heterocycles. The van der Waals surface area contributed by atoms with E-state index in [-0.39, 0.29) is 17.3 Å². The SMILES string of the molecule is CC(C)(C)OC(=O)N1CCC(CS(=O)c2ccnc(Cl)n2)C1. The number of carbonyl (C=O) groups excluding carboxylic acids is 1. The van der Waals surface area contributed by atoms with E-state index >= 15 is 0 Å². The summed E-state index contributed by atoms with van der Waals surface area (Å²) in [6, 6.07) is 1.60. The van der Waals surface area contributed by atoms with Gasteiger partial charge in [0, 0.05) is 25.0 Å². The average molecular weight is 346 g/mol. The normalized spacial score (nSPS) is 20.0. The molecule has 0 bridgehead atoms. The van der Waals surface area contributed by atoms with Gasteiger partial charge in [-0.25, -0.2) is 14.8 Å². The van der Waals surface area contributed by atoms with Crippen LogP contribution in [0.4, 0.5) is 4.79 Å². The molecule has 2 rings (SSSR count). The first-order valence-corrected chi connectivity index (χ1v) is 8.79. The van der Waals surface area contributed by atoms with Crippen LogP contribution >= 0.6 is 11.6 Å². The Kier molecular flexibility index (Phi) is 5.39. The molecule has 1 amide bonds. The van der Waals surface area contributed by atoms with E-state index in [9.17, 15) is 9.00 Å². The average Bonchev–Trinajstić information content (AvgIpc) is 2.85. The summed E-state index contributed by atoms with van der Waals surface area (Å²) in [4.78, 5) is 21.4. The number of nitrogens with zero attached hydrogens (tertiary/aromatic N) is 3. The smallest absolute Gasteiger partial charge is 0.410 e. The summed E-state index contributed by atoms with van der Waals surface area (Å²) >= 11 is 5.71. The largest absolute Gasteiger partial charge is 0.444 e. The topological polar surface area (TPSA) is 72.4 Å². The minimum atomic E-state index is -1.25. The molecule has 1 aliphatic heterocycles. The first kappa shape index (κ1) is 17.1. The van der Waals surface area contributed by atoms with Gasteiger partial charge in [-0.15, -0.1) is 0 Å². The van der Waals surface area contributed by atoms with E-state index < -0.39 is 16.4 Å². The van der Waals surface area contributed by atoms with Crippen LogP contribution in [0.2, 0.25) is 5.28 Å². The lowest BCUT2D eigenvalue weighted by molar-refractivity contribution is 0.0289. The van der Waals surface area contributed by atoms with Crippen LogP contribution in [0.3, 0.4) is 0 Å². The maximum absolute atomic E-state index is 12.3. The molecule has 2 atom stereocenters. The van der Waals surface area contributed by atoms with Gasteiger partial charge >= 0.3 is 6.09 Å². The molecule has 2 unspecified atom stereocenters. The maximum Gasteiger partial charge on any atom is 0.410 e. The number of likely N-dealkylation sites (tertiary alicyclic amines) is 1. The van der Waals surface area contributed by atoms with Crippen molar-refractivity contribution in [2.45, 2.75) is 37.8 Å². The summed E-state index contributed by atoms with van der Waals surface area (Å²) in [7, 11) is -1.25. The van der Waals surface area contributed by atoms with Crippen LogP contribution in [0.25, 0.3) is 0 Å². The Morgan fingerprint density at radius 1 is 1.55 bits per heavy atom. The van der Waals surface area contributed by atoms with Crippen molar-refractivity contribution in [3.63, 3.8) is 0 Å². The Bertz CT molecular complexity index is 577. The fraction of sp³-hybridized carbons (Fsp3) is 0.643. The van der Waals surface area contributed by atoms with E-state index in [2.05, 4.69) is 9.97 Å². The van der Waals surface area contributed by atoms with Crippen molar-refractivity contribution in [2.75, 3.05) is 18.8 Å². The van der Waals surface area contributed by atoms with Crippen molar-refractivity contribution in [1.29, 1.82) is 0 Å². The van der Waals surface area contributed by atoms with Crippen LogP contribution in [-0.2, 0) is 15.5 Å². The predicted molar refractivity (Wildman–Crippen MR) is 84.2 cm³/mol. The third-order valence-corrected chi connectivity index (χ3v) is 4.81. The van der Waals surface area contributed by atoms with E-state index in [0.29, 0.717) is 23.9 Å². The summed E-state index contributed by atoms with van der Waals surface area (Å²) in [5, 5.41) is 0.517. The molecule has 0 saturated carbocycles. The molecule has 1 aliphatic rings. The van der Waals surface area contributed by atoms with Gasteiger partial charge in [0.1, 0.15) is 10.6 Å². The van der Waals surface area contributed by atoms with Crippen molar-refractivity contribution in [3.05, 3.63) is 17.5 Å². The Balaban J connectivity index is 1.88. The number of aromatic nitrogens is 2. The van der Waals surface area contributed by atoms with Gasteiger partial charge in [-0.2, -0.15) is 0 Å². The first-order chi connectivity index (χ1) is 10.2. The van der Waals surface area contributed by atoms with Crippen LogP contribution in [-0.4, -0.2) is 49.6 Å². The highest BCUT2D eigenvalue weighted by Crippen LogP contribution is 2.21. The van der Waals surface area contributed by atoms with E-state index in [1.54, 1.807) is 11.0 Å². The van der Waals surface area contributed by atoms with Crippen LogP contribution in [0.5, 0.6) is 0 Å². The summed E-state index contributed by atoms with van der Waals surface area (Å²) in [6.45, 7) is 6.70. The van der Waals surface area contributed by atoms with Gasteiger partial charge in [0.15, 0.2) is 0 Å². The lowest BCUT2D eigenvalue weighted by Crippen LogP contribution is -2.35. The lowest BCUT2D eigenvalue weighted by atomic mass is 10.2. The van der Waals surface area contributed by atoms with Gasteiger partial charge in [0.2, 0.25) is 5.28 Å². The highest BCUT2D eigenvalue weighted by molar-refractivity contribution is 7.84. The van der Waals surface area contributed by atoms with Crippen LogP contribution in [0.1, 0.15) is 27.2 Å². The molecule has 1 fully saturated rings. The molecule has 0 aromatic carbocycles. The standard InChI is InChI=1S/C14H20ClN3O3S/c1-14(2,3)21-13(19)18-7-5-10(8-18)9-22(20)11-4-6-16-12(15)17-11/h4,6,10H,5,7-9H2,1-3H3. The molecule has 8 heteroatoms. The number of ether oxygens (including phenoxy) is 1. The summed E-state index contributed by atoms with van der Waals surface area (Å²) in [6.07, 6.45) is 1.99. The monoisotopic (exact) mass is 345 g/mol.